The van der Waals surface area contributed by atoms with E-state index in [2.05, 4.69) is 15.6 Å². The Morgan fingerprint density at radius 1 is 1.12 bits per heavy atom. The summed E-state index contributed by atoms with van der Waals surface area (Å²) in [5, 5.41) is 6.08. The third-order valence-electron chi connectivity index (χ3n) is 3.28. The van der Waals surface area contributed by atoms with Crippen LogP contribution in [-0.2, 0) is 11.3 Å². The molecule has 7 heteroatoms. The lowest BCUT2D eigenvalue weighted by Gasteiger charge is -2.13. The Morgan fingerprint density at radius 2 is 1.83 bits per heavy atom. The van der Waals surface area contributed by atoms with Crippen LogP contribution in [0.2, 0.25) is 0 Å². The number of likely N-dealkylation sites (N-methyl/N-ethyl adjacent to an activating group) is 1. The van der Waals surface area contributed by atoms with Crippen molar-refractivity contribution in [3.63, 3.8) is 0 Å². The summed E-state index contributed by atoms with van der Waals surface area (Å²) in [5.41, 5.74) is 1.04. The molecule has 1 heterocycles. The SMILES string of the molecule is CN=C(NCC(=O)N(C)C)NCc1ccc(-c2ccccc2)o1.I. The van der Waals surface area contributed by atoms with E-state index in [1.54, 1.807) is 21.1 Å². The lowest BCUT2D eigenvalue weighted by molar-refractivity contribution is -0.127. The fourth-order valence-corrected chi connectivity index (χ4v) is 1.94. The van der Waals surface area contributed by atoms with E-state index in [1.165, 1.54) is 4.90 Å². The summed E-state index contributed by atoms with van der Waals surface area (Å²) in [6.45, 7) is 0.683. The van der Waals surface area contributed by atoms with E-state index in [1.807, 2.05) is 42.5 Å². The average Bonchev–Trinajstić information content (AvgIpc) is 3.04. The monoisotopic (exact) mass is 442 g/mol. The van der Waals surface area contributed by atoms with Gasteiger partial charge < -0.3 is 20.0 Å². The number of nitrogens with one attached hydrogen (secondary N) is 2. The Hall–Kier alpha value is -2.03. The highest BCUT2D eigenvalue weighted by Gasteiger charge is 2.07. The van der Waals surface area contributed by atoms with Gasteiger partial charge in [-0.05, 0) is 12.1 Å². The number of furan rings is 1. The zero-order valence-corrected chi connectivity index (χ0v) is 16.4. The van der Waals surface area contributed by atoms with E-state index in [0.29, 0.717) is 12.5 Å². The summed E-state index contributed by atoms with van der Waals surface area (Å²) in [5.74, 6) is 2.16. The second kappa shape index (κ2) is 9.96. The Labute approximate surface area is 159 Å². The van der Waals surface area contributed by atoms with Crippen LogP contribution in [-0.4, -0.2) is 44.5 Å². The molecule has 0 unspecified atom stereocenters. The van der Waals surface area contributed by atoms with Crippen molar-refractivity contribution in [3.05, 3.63) is 48.2 Å². The summed E-state index contributed by atoms with van der Waals surface area (Å²) < 4.78 is 5.81. The molecule has 2 rings (SSSR count). The molecule has 0 saturated carbocycles. The maximum atomic E-state index is 11.6. The van der Waals surface area contributed by atoms with Crippen molar-refractivity contribution < 1.29 is 9.21 Å². The fraction of sp³-hybridized carbons (Fsp3) is 0.294. The number of aliphatic imine (C=N–C) groups is 1. The molecule has 0 atom stereocenters. The minimum Gasteiger partial charge on any atom is -0.459 e. The van der Waals surface area contributed by atoms with Gasteiger partial charge in [0.1, 0.15) is 11.5 Å². The highest BCUT2D eigenvalue weighted by molar-refractivity contribution is 14.0. The molecule has 0 radical (unpaired) electrons. The molecular formula is C17H23IN4O2. The predicted molar refractivity (Wildman–Crippen MR) is 106 cm³/mol. The van der Waals surface area contributed by atoms with Crippen LogP contribution in [0.5, 0.6) is 0 Å². The van der Waals surface area contributed by atoms with E-state index < -0.39 is 0 Å². The first-order valence-electron chi connectivity index (χ1n) is 7.39. The summed E-state index contributed by atoms with van der Waals surface area (Å²) in [7, 11) is 5.09. The zero-order chi connectivity index (χ0) is 16.7. The number of hydrogen-bond acceptors (Lipinski definition) is 3. The minimum absolute atomic E-state index is 0. The number of rotatable bonds is 5. The number of benzene rings is 1. The van der Waals surface area contributed by atoms with Crippen molar-refractivity contribution in [3.8, 4) is 11.3 Å². The molecule has 1 amide bonds. The Kier molecular flexibility index (Phi) is 8.31. The molecule has 0 aliphatic rings. The van der Waals surface area contributed by atoms with Crippen molar-refractivity contribution >= 4 is 35.8 Å². The lowest BCUT2D eigenvalue weighted by atomic mass is 10.2. The molecule has 1 aromatic carbocycles. The fourth-order valence-electron chi connectivity index (χ4n) is 1.94. The maximum absolute atomic E-state index is 11.6. The average molecular weight is 442 g/mol. The standard InChI is InChI=1S/C17H22N4O2.HI/c1-18-17(20-12-16(22)21(2)3)19-11-14-9-10-15(23-14)13-7-5-4-6-8-13;/h4-10H,11-12H2,1-3H3,(H2,18,19,20);1H. The molecule has 0 saturated heterocycles. The van der Waals surface area contributed by atoms with Gasteiger partial charge in [-0.2, -0.15) is 0 Å². The number of hydrogen-bond donors (Lipinski definition) is 2. The zero-order valence-electron chi connectivity index (χ0n) is 14.1. The van der Waals surface area contributed by atoms with Gasteiger partial charge in [-0.1, -0.05) is 30.3 Å². The molecule has 130 valence electrons. The number of carbonyl (C=O) groups is 1. The normalized spacial score (nSPS) is 10.7. The molecule has 0 aliphatic carbocycles. The first-order valence-corrected chi connectivity index (χ1v) is 7.39. The summed E-state index contributed by atoms with van der Waals surface area (Å²) in [4.78, 5) is 17.2. The van der Waals surface area contributed by atoms with Gasteiger partial charge >= 0.3 is 0 Å². The molecule has 0 bridgehead atoms. The van der Waals surface area contributed by atoms with Gasteiger partial charge in [0.15, 0.2) is 5.96 Å². The number of guanidine groups is 1. The lowest BCUT2D eigenvalue weighted by Crippen LogP contribution is -2.42. The second-order valence-corrected chi connectivity index (χ2v) is 5.20. The van der Waals surface area contributed by atoms with Crippen molar-refractivity contribution in [1.82, 2.24) is 15.5 Å². The Bertz CT molecular complexity index is 668. The number of carbonyl (C=O) groups excluding carboxylic acids is 1. The van der Waals surface area contributed by atoms with Crippen LogP contribution in [0.1, 0.15) is 5.76 Å². The van der Waals surface area contributed by atoms with Crippen LogP contribution in [0.25, 0.3) is 11.3 Å². The largest absolute Gasteiger partial charge is 0.459 e. The van der Waals surface area contributed by atoms with Gasteiger partial charge in [0.25, 0.3) is 0 Å². The smallest absolute Gasteiger partial charge is 0.241 e. The molecule has 1 aromatic heterocycles. The highest BCUT2D eigenvalue weighted by atomic mass is 127. The van der Waals surface area contributed by atoms with Gasteiger partial charge in [-0.15, -0.1) is 24.0 Å². The van der Waals surface area contributed by atoms with Crippen molar-refractivity contribution in [1.29, 1.82) is 0 Å². The van der Waals surface area contributed by atoms with E-state index in [-0.39, 0.29) is 36.4 Å². The first-order chi connectivity index (χ1) is 11.1. The molecular weight excluding hydrogens is 419 g/mol. The highest BCUT2D eigenvalue weighted by Crippen LogP contribution is 2.21. The third-order valence-corrected chi connectivity index (χ3v) is 3.28. The third kappa shape index (κ3) is 5.88. The first kappa shape index (κ1) is 20.0. The molecule has 0 aliphatic heterocycles. The predicted octanol–water partition coefficient (Wildman–Crippen LogP) is 2.32. The van der Waals surface area contributed by atoms with Crippen LogP contribution < -0.4 is 10.6 Å². The molecule has 2 aromatic rings. The summed E-state index contributed by atoms with van der Waals surface area (Å²) in [6.07, 6.45) is 0. The topological polar surface area (TPSA) is 69.9 Å². The van der Waals surface area contributed by atoms with Crippen LogP contribution in [0, 0.1) is 0 Å². The van der Waals surface area contributed by atoms with E-state index in [4.69, 9.17) is 4.42 Å². The van der Waals surface area contributed by atoms with Crippen LogP contribution in [0.3, 0.4) is 0 Å². The van der Waals surface area contributed by atoms with E-state index in [9.17, 15) is 4.79 Å². The van der Waals surface area contributed by atoms with Crippen LogP contribution >= 0.6 is 24.0 Å². The van der Waals surface area contributed by atoms with Crippen molar-refractivity contribution in [2.24, 2.45) is 4.99 Å². The maximum Gasteiger partial charge on any atom is 0.241 e. The Balaban J connectivity index is 0.00000288. The molecule has 2 N–H and O–H groups in total. The molecule has 0 fully saturated rings. The molecule has 24 heavy (non-hydrogen) atoms. The number of halogens is 1. The van der Waals surface area contributed by atoms with E-state index >= 15 is 0 Å². The van der Waals surface area contributed by atoms with Crippen molar-refractivity contribution in [2.45, 2.75) is 6.54 Å². The van der Waals surface area contributed by atoms with Crippen LogP contribution in [0.15, 0.2) is 51.9 Å². The van der Waals surface area contributed by atoms with Gasteiger partial charge in [-0.3, -0.25) is 9.79 Å². The van der Waals surface area contributed by atoms with Crippen LogP contribution in [0.4, 0.5) is 0 Å². The quantitative estimate of drug-likeness (QED) is 0.424. The molecule has 0 spiro atoms. The summed E-state index contributed by atoms with van der Waals surface area (Å²) >= 11 is 0. The van der Waals surface area contributed by atoms with Gasteiger partial charge in [-0.25, -0.2) is 0 Å². The number of amides is 1. The Morgan fingerprint density at radius 3 is 2.46 bits per heavy atom. The minimum atomic E-state index is -0.0164. The van der Waals surface area contributed by atoms with Crippen molar-refractivity contribution in [2.75, 3.05) is 27.7 Å². The van der Waals surface area contributed by atoms with Gasteiger partial charge in [0, 0.05) is 26.7 Å². The molecule has 6 nitrogen and oxygen atoms in total. The summed E-state index contributed by atoms with van der Waals surface area (Å²) in [6, 6.07) is 13.8. The van der Waals surface area contributed by atoms with Gasteiger partial charge in [0.2, 0.25) is 5.91 Å². The second-order valence-electron chi connectivity index (χ2n) is 5.20. The van der Waals surface area contributed by atoms with E-state index in [0.717, 1.165) is 17.1 Å². The number of nitrogens with zero attached hydrogens (tertiary/aromatic N) is 2. The van der Waals surface area contributed by atoms with Gasteiger partial charge in [0.05, 0.1) is 13.1 Å².